The number of fused-ring (bicyclic) bond motifs is 1. The van der Waals surface area contributed by atoms with Gasteiger partial charge in [-0.25, -0.2) is 0 Å². The Morgan fingerprint density at radius 2 is 1.61 bits per heavy atom. The number of likely N-dealkylation sites (tertiary alicyclic amines) is 1. The molecule has 36 heavy (non-hydrogen) atoms. The van der Waals surface area contributed by atoms with Crippen LogP contribution in [0.1, 0.15) is 39.3 Å². The van der Waals surface area contributed by atoms with Gasteiger partial charge in [0.25, 0.3) is 11.8 Å². The molecule has 7 heteroatoms. The van der Waals surface area contributed by atoms with Crippen LogP contribution in [0.4, 0.5) is 0 Å². The Hall–Kier alpha value is -4.13. The Morgan fingerprint density at radius 3 is 2.33 bits per heavy atom. The van der Waals surface area contributed by atoms with Crippen molar-refractivity contribution >= 4 is 22.8 Å². The summed E-state index contributed by atoms with van der Waals surface area (Å²) >= 11 is 0. The average Bonchev–Trinajstić information content (AvgIpc) is 2.95. The number of aromatic nitrogens is 3. The second-order valence-electron chi connectivity index (χ2n) is 9.28. The molecule has 4 aromatic rings. The lowest BCUT2D eigenvalue weighted by atomic mass is 9.84. The summed E-state index contributed by atoms with van der Waals surface area (Å²) in [7, 11) is 1.87. The summed E-state index contributed by atoms with van der Waals surface area (Å²) in [5, 5.41) is 0. The molecule has 5 rings (SSSR count). The summed E-state index contributed by atoms with van der Waals surface area (Å²) in [6, 6.07) is 21.2. The van der Waals surface area contributed by atoms with Crippen LogP contribution in [0.15, 0.2) is 85.3 Å². The summed E-state index contributed by atoms with van der Waals surface area (Å²) < 4.78 is 0. The molecule has 0 aliphatic carbocycles. The third-order valence-corrected chi connectivity index (χ3v) is 7.08. The first kappa shape index (κ1) is 23.6. The molecule has 1 saturated heterocycles. The van der Waals surface area contributed by atoms with Crippen LogP contribution < -0.4 is 0 Å². The lowest BCUT2D eigenvalue weighted by molar-refractivity contribution is 0.0519. The van der Waals surface area contributed by atoms with Crippen molar-refractivity contribution in [1.82, 2.24) is 24.8 Å². The van der Waals surface area contributed by atoms with Crippen molar-refractivity contribution in [3.8, 4) is 0 Å². The number of nitrogens with zero attached hydrogens (tertiary/aromatic N) is 5. The third kappa shape index (κ3) is 5.10. The van der Waals surface area contributed by atoms with E-state index < -0.39 is 0 Å². The Bertz CT molecular complexity index is 1340. The van der Waals surface area contributed by atoms with Gasteiger partial charge >= 0.3 is 0 Å². The van der Waals surface area contributed by atoms with Gasteiger partial charge in [0.05, 0.1) is 11.0 Å². The number of piperidine rings is 1. The van der Waals surface area contributed by atoms with Gasteiger partial charge in [-0.1, -0.05) is 36.4 Å². The van der Waals surface area contributed by atoms with Gasteiger partial charge in [0.1, 0.15) is 5.69 Å². The van der Waals surface area contributed by atoms with Gasteiger partial charge in [-0.15, -0.1) is 0 Å². The number of rotatable bonds is 6. The lowest BCUT2D eigenvalue weighted by Crippen LogP contribution is -2.48. The van der Waals surface area contributed by atoms with Crippen LogP contribution >= 0.6 is 0 Å². The van der Waals surface area contributed by atoms with Crippen LogP contribution in [0, 0.1) is 5.92 Å². The van der Waals surface area contributed by atoms with Crippen molar-refractivity contribution in [2.24, 2.45) is 5.92 Å². The van der Waals surface area contributed by atoms with Gasteiger partial charge in [-0.3, -0.25) is 24.5 Å². The molecule has 0 bridgehead atoms. The highest BCUT2D eigenvalue weighted by molar-refractivity contribution is 5.97. The molecule has 1 aliphatic heterocycles. The van der Waals surface area contributed by atoms with E-state index in [0.29, 0.717) is 24.3 Å². The molecule has 0 saturated carbocycles. The minimum atomic E-state index is -0.0766. The van der Waals surface area contributed by atoms with E-state index in [4.69, 9.17) is 0 Å². The normalized spacial score (nSPS) is 15.0. The van der Waals surface area contributed by atoms with Gasteiger partial charge in [0.15, 0.2) is 0 Å². The molecule has 0 radical (unpaired) electrons. The molecule has 182 valence electrons. The van der Waals surface area contributed by atoms with E-state index in [-0.39, 0.29) is 23.8 Å². The summed E-state index contributed by atoms with van der Waals surface area (Å²) in [6.07, 6.45) is 7.36. The minimum absolute atomic E-state index is 0.00935. The van der Waals surface area contributed by atoms with Crippen molar-refractivity contribution in [1.29, 1.82) is 0 Å². The van der Waals surface area contributed by atoms with Gasteiger partial charge in [0, 0.05) is 50.3 Å². The Kier molecular flexibility index (Phi) is 6.98. The maximum Gasteiger partial charge on any atom is 0.272 e. The predicted molar refractivity (Wildman–Crippen MR) is 138 cm³/mol. The molecule has 1 aliphatic rings. The molecule has 1 fully saturated rings. The quantitative estimate of drug-likeness (QED) is 0.413. The zero-order chi connectivity index (χ0) is 24.9. The monoisotopic (exact) mass is 479 g/mol. The van der Waals surface area contributed by atoms with Gasteiger partial charge in [-0.2, -0.15) is 0 Å². The van der Waals surface area contributed by atoms with E-state index in [2.05, 4.69) is 27.1 Å². The van der Waals surface area contributed by atoms with Crippen molar-refractivity contribution in [3.63, 3.8) is 0 Å². The first-order chi connectivity index (χ1) is 17.6. The van der Waals surface area contributed by atoms with E-state index in [9.17, 15) is 9.59 Å². The molecule has 2 aromatic heterocycles. The number of carbonyl (C=O) groups is 2. The Balaban J connectivity index is 1.31. The van der Waals surface area contributed by atoms with Crippen molar-refractivity contribution in [2.75, 3.05) is 20.1 Å². The zero-order valence-corrected chi connectivity index (χ0v) is 20.3. The Labute approximate surface area is 210 Å². The molecule has 2 amide bonds. The number of amides is 2. The number of benzene rings is 2. The second kappa shape index (κ2) is 10.6. The van der Waals surface area contributed by atoms with Gasteiger partial charge in [0.2, 0.25) is 0 Å². The van der Waals surface area contributed by atoms with Gasteiger partial charge < -0.3 is 9.80 Å². The summed E-state index contributed by atoms with van der Waals surface area (Å²) in [4.78, 5) is 43.2. The summed E-state index contributed by atoms with van der Waals surface area (Å²) in [6.45, 7) is 1.30. The molecular weight excluding hydrogens is 450 g/mol. The van der Waals surface area contributed by atoms with Crippen LogP contribution in [-0.4, -0.2) is 62.7 Å². The maximum absolute atomic E-state index is 13.3. The SMILES string of the molecule is CN(C(=O)c1ccccn1)C(Cc1ccccc1)C1CCN(C(=O)c2ccc3nccnc3c2)CC1. The fraction of sp³-hybridized carbons (Fsp3) is 0.276. The molecular formula is C29H29N5O2. The van der Waals surface area contributed by atoms with E-state index in [1.165, 1.54) is 5.56 Å². The van der Waals surface area contributed by atoms with Crippen LogP contribution in [0.25, 0.3) is 11.0 Å². The van der Waals surface area contributed by atoms with E-state index >= 15 is 0 Å². The molecule has 2 aromatic carbocycles. The van der Waals surface area contributed by atoms with E-state index in [1.54, 1.807) is 24.7 Å². The number of likely N-dealkylation sites (N-methyl/N-ethyl adjacent to an activating group) is 1. The van der Waals surface area contributed by atoms with Crippen molar-refractivity contribution in [3.05, 3.63) is 102 Å². The number of hydrogen-bond acceptors (Lipinski definition) is 5. The molecule has 0 N–H and O–H groups in total. The average molecular weight is 480 g/mol. The smallest absolute Gasteiger partial charge is 0.272 e. The number of carbonyl (C=O) groups excluding carboxylic acids is 2. The molecule has 3 heterocycles. The van der Waals surface area contributed by atoms with Crippen LogP contribution in [0.5, 0.6) is 0 Å². The minimum Gasteiger partial charge on any atom is -0.339 e. The van der Waals surface area contributed by atoms with Crippen LogP contribution in [0.2, 0.25) is 0 Å². The summed E-state index contributed by atoms with van der Waals surface area (Å²) in [5.41, 5.74) is 3.77. The Morgan fingerprint density at radius 1 is 0.889 bits per heavy atom. The third-order valence-electron chi connectivity index (χ3n) is 7.08. The van der Waals surface area contributed by atoms with Gasteiger partial charge in [-0.05, 0) is 61.1 Å². The van der Waals surface area contributed by atoms with Crippen LogP contribution in [-0.2, 0) is 6.42 Å². The molecule has 1 atom stereocenters. The molecule has 0 spiro atoms. The fourth-order valence-corrected chi connectivity index (χ4v) is 5.06. The first-order valence-corrected chi connectivity index (χ1v) is 12.3. The van der Waals surface area contributed by atoms with Crippen molar-refractivity contribution in [2.45, 2.75) is 25.3 Å². The van der Waals surface area contributed by atoms with E-state index in [0.717, 1.165) is 30.3 Å². The van der Waals surface area contributed by atoms with Crippen molar-refractivity contribution < 1.29 is 9.59 Å². The number of pyridine rings is 1. The standard InChI is InChI=1S/C29H29N5O2/c1-33(29(36)25-9-5-6-14-30-25)27(19-21-7-3-2-4-8-21)22-12-17-34(18-13-22)28(35)23-10-11-24-26(20-23)32-16-15-31-24/h2-11,14-16,20,22,27H,12-13,17-19H2,1H3. The van der Waals surface area contributed by atoms with Crippen LogP contribution in [0.3, 0.4) is 0 Å². The highest BCUT2D eigenvalue weighted by Gasteiger charge is 2.33. The molecule has 7 nitrogen and oxygen atoms in total. The summed E-state index contributed by atoms with van der Waals surface area (Å²) in [5.74, 6) is 0.209. The predicted octanol–water partition coefficient (Wildman–Crippen LogP) is 4.26. The lowest BCUT2D eigenvalue weighted by Gasteiger charge is -2.40. The largest absolute Gasteiger partial charge is 0.339 e. The second-order valence-corrected chi connectivity index (χ2v) is 9.28. The fourth-order valence-electron chi connectivity index (χ4n) is 5.06. The highest BCUT2D eigenvalue weighted by atomic mass is 16.2. The molecule has 1 unspecified atom stereocenters. The number of hydrogen-bond donors (Lipinski definition) is 0. The maximum atomic E-state index is 13.3. The zero-order valence-electron chi connectivity index (χ0n) is 20.3. The topological polar surface area (TPSA) is 79.3 Å². The highest BCUT2D eigenvalue weighted by Crippen LogP contribution is 2.28. The first-order valence-electron chi connectivity index (χ1n) is 12.3. The van der Waals surface area contributed by atoms with E-state index in [1.807, 2.05) is 65.4 Å².